The van der Waals surface area contributed by atoms with Crippen molar-refractivity contribution in [2.45, 2.75) is 64.2 Å². The molecule has 0 N–H and O–H groups in total. The molecule has 6 atom stereocenters. The number of hydrogen-bond donors (Lipinski definition) is 0. The Morgan fingerprint density at radius 1 is 0.562 bits per heavy atom. The summed E-state index contributed by atoms with van der Waals surface area (Å²) in [6, 6.07) is 0. The molecule has 4 aliphatic carbocycles. The maximum Gasteiger partial charge on any atom is -0.0383 e. The SMILES string of the molecule is C1C[C@H]2C[C@@H]1C[C@@H]2CC[C@H]1C[C@H]2CC[C@@H]1C2. The van der Waals surface area contributed by atoms with Gasteiger partial charge in [0.25, 0.3) is 0 Å². The van der Waals surface area contributed by atoms with E-state index in [9.17, 15) is 0 Å². The molecule has 0 aromatic rings. The van der Waals surface area contributed by atoms with Crippen LogP contribution in [0.5, 0.6) is 0 Å². The minimum atomic E-state index is 1.16. The molecule has 0 aromatic carbocycles. The highest BCUT2D eigenvalue weighted by Gasteiger charge is 2.42. The van der Waals surface area contributed by atoms with Gasteiger partial charge in [-0.3, -0.25) is 0 Å². The van der Waals surface area contributed by atoms with Gasteiger partial charge in [-0.25, -0.2) is 0 Å². The minimum Gasteiger partial charge on any atom is -0.0502 e. The molecule has 0 saturated heterocycles. The summed E-state index contributed by atoms with van der Waals surface area (Å²) in [6.45, 7) is 0. The first-order valence-electron chi connectivity index (χ1n) is 7.88. The third-order valence-electron chi connectivity index (χ3n) is 6.68. The van der Waals surface area contributed by atoms with Gasteiger partial charge in [-0.1, -0.05) is 12.8 Å². The standard InChI is InChI=1S/C16H26/c1-3-13-7-11(1)9-15(13)5-6-16-10-12-2-4-14(16)8-12/h11-16H,1-10H2/t11-,12+,13+,14-,15-,16-/m0/s1. The first-order chi connectivity index (χ1) is 7.88. The Morgan fingerprint density at radius 2 is 1.06 bits per heavy atom. The highest BCUT2D eigenvalue weighted by molar-refractivity contribution is 4.93. The van der Waals surface area contributed by atoms with Crippen molar-refractivity contribution in [2.75, 3.05) is 0 Å². The van der Waals surface area contributed by atoms with E-state index >= 15 is 0 Å². The maximum atomic E-state index is 1.62. The summed E-state index contributed by atoms with van der Waals surface area (Å²) in [4.78, 5) is 0. The fourth-order valence-electron chi connectivity index (χ4n) is 5.89. The predicted octanol–water partition coefficient (Wildman–Crippen LogP) is 4.64. The Labute approximate surface area is 100 Å². The van der Waals surface area contributed by atoms with E-state index in [2.05, 4.69) is 0 Å². The second kappa shape index (κ2) is 3.75. The van der Waals surface area contributed by atoms with Gasteiger partial charge in [0.15, 0.2) is 0 Å². The molecule has 4 bridgehead atoms. The maximum absolute atomic E-state index is 1.62. The van der Waals surface area contributed by atoms with E-state index in [4.69, 9.17) is 0 Å². The van der Waals surface area contributed by atoms with E-state index in [1.54, 1.807) is 64.2 Å². The molecule has 4 rings (SSSR count). The Hall–Kier alpha value is 0. The summed E-state index contributed by atoms with van der Waals surface area (Å²) in [6.07, 6.45) is 16.0. The molecule has 0 radical (unpaired) electrons. The number of rotatable bonds is 3. The summed E-state index contributed by atoms with van der Waals surface area (Å²) in [5.41, 5.74) is 0. The lowest BCUT2D eigenvalue weighted by atomic mass is 9.79. The second-order valence-electron chi connectivity index (χ2n) is 7.45. The molecule has 0 amide bonds. The zero-order valence-corrected chi connectivity index (χ0v) is 10.5. The topological polar surface area (TPSA) is 0 Å². The van der Waals surface area contributed by atoms with Crippen molar-refractivity contribution in [3.05, 3.63) is 0 Å². The lowest BCUT2D eigenvalue weighted by molar-refractivity contribution is 0.248. The van der Waals surface area contributed by atoms with Gasteiger partial charge in [0, 0.05) is 0 Å². The Morgan fingerprint density at radius 3 is 1.38 bits per heavy atom. The van der Waals surface area contributed by atoms with Crippen molar-refractivity contribution in [1.29, 1.82) is 0 Å². The Balaban J connectivity index is 1.30. The summed E-state index contributed by atoms with van der Waals surface area (Å²) in [5, 5.41) is 0. The molecule has 4 saturated carbocycles. The van der Waals surface area contributed by atoms with Crippen molar-refractivity contribution in [1.82, 2.24) is 0 Å². The quantitative estimate of drug-likeness (QED) is 0.647. The molecular weight excluding hydrogens is 192 g/mol. The second-order valence-corrected chi connectivity index (χ2v) is 7.45. The van der Waals surface area contributed by atoms with Crippen LogP contribution in [0, 0.1) is 35.5 Å². The van der Waals surface area contributed by atoms with Crippen LogP contribution in [-0.4, -0.2) is 0 Å². The zero-order valence-electron chi connectivity index (χ0n) is 10.5. The fraction of sp³-hybridized carbons (Fsp3) is 1.00. The van der Waals surface area contributed by atoms with Crippen LogP contribution < -0.4 is 0 Å². The molecule has 4 aliphatic rings. The Bertz CT molecular complexity index is 241. The van der Waals surface area contributed by atoms with Crippen molar-refractivity contribution in [3.63, 3.8) is 0 Å². The van der Waals surface area contributed by atoms with Gasteiger partial charge in [0.05, 0.1) is 0 Å². The third-order valence-corrected chi connectivity index (χ3v) is 6.68. The molecular formula is C16H26. The van der Waals surface area contributed by atoms with Crippen LogP contribution in [0.2, 0.25) is 0 Å². The highest BCUT2D eigenvalue weighted by atomic mass is 14.5. The lowest BCUT2D eigenvalue weighted by Crippen LogP contribution is -2.15. The first kappa shape index (κ1) is 9.97. The average molecular weight is 218 g/mol. The normalized spacial score (nSPS) is 54.0. The molecule has 4 fully saturated rings. The molecule has 0 heterocycles. The molecule has 0 heteroatoms. The summed E-state index contributed by atoms with van der Waals surface area (Å²) >= 11 is 0. The van der Waals surface area contributed by atoms with Crippen LogP contribution >= 0.6 is 0 Å². The van der Waals surface area contributed by atoms with Crippen LogP contribution in [0.1, 0.15) is 64.2 Å². The van der Waals surface area contributed by atoms with E-state index in [0.29, 0.717) is 0 Å². The molecule has 0 unspecified atom stereocenters. The van der Waals surface area contributed by atoms with Crippen molar-refractivity contribution in [3.8, 4) is 0 Å². The van der Waals surface area contributed by atoms with E-state index in [1.165, 1.54) is 11.8 Å². The van der Waals surface area contributed by atoms with Gasteiger partial charge in [0.1, 0.15) is 0 Å². The van der Waals surface area contributed by atoms with Crippen molar-refractivity contribution in [2.24, 2.45) is 35.5 Å². The summed E-state index contributed by atoms with van der Waals surface area (Å²) in [5.74, 6) is 6.99. The van der Waals surface area contributed by atoms with Crippen LogP contribution in [0.15, 0.2) is 0 Å². The molecule has 0 aliphatic heterocycles. The molecule has 0 spiro atoms. The predicted molar refractivity (Wildman–Crippen MR) is 67.1 cm³/mol. The van der Waals surface area contributed by atoms with E-state index < -0.39 is 0 Å². The van der Waals surface area contributed by atoms with Crippen molar-refractivity contribution >= 4 is 0 Å². The third kappa shape index (κ3) is 1.56. The molecule has 90 valence electrons. The molecule has 16 heavy (non-hydrogen) atoms. The van der Waals surface area contributed by atoms with Crippen LogP contribution in [-0.2, 0) is 0 Å². The van der Waals surface area contributed by atoms with E-state index in [0.717, 1.165) is 23.7 Å². The molecule has 0 aromatic heterocycles. The van der Waals surface area contributed by atoms with Crippen LogP contribution in [0.3, 0.4) is 0 Å². The largest absolute Gasteiger partial charge is 0.0502 e. The average Bonchev–Trinajstić information content (AvgIpc) is 3.05. The minimum absolute atomic E-state index is 1.16. The van der Waals surface area contributed by atoms with E-state index in [-0.39, 0.29) is 0 Å². The Kier molecular flexibility index (Phi) is 2.34. The van der Waals surface area contributed by atoms with Gasteiger partial charge in [-0.05, 0) is 86.9 Å². The van der Waals surface area contributed by atoms with Crippen LogP contribution in [0.25, 0.3) is 0 Å². The highest BCUT2D eigenvalue weighted by Crippen LogP contribution is 2.53. The fourth-order valence-corrected chi connectivity index (χ4v) is 5.89. The van der Waals surface area contributed by atoms with Crippen LogP contribution in [0.4, 0.5) is 0 Å². The van der Waals surface area contributed by atoms with Gasteiger partial charge in [-0.15, -0.1) is 0 Å². The van der Waals surface area contributed by atoms with Gasteiger partial charge in [-0.2, -0.15) is 0 Å². The monoisotopic (exact) mass is 218 g/mol. The smallest absolute Gasteiger partial charge is 0.0383 e. The van der Waals surface area contributed by atoms with Gasteiger partial charge < -0.3 is 0 Å². The number of fused-ring (bicyclic) bond motifs is 4. The summed E-state index contributed by atoms with van der Waals surface area (Å²) in [7, 11) is 0. The van der Waals surface area contributed by atoms with Gasteiger partial charge in [0.2, 0.25) is 0 Å². The van der Waals surface area contributed by atoms with Gasteiger partial charge >= 0.3 is 0 Å². The lowest BCUT2D eigenvalue weighted by Gasteiger charge is -2.26. The summed E-state index contributed by atoms with van der Waals surface area (Å²) < 4.78 is 0. The molecule has 0 nitrogen and oxygen atoms in total. The van der Waals surface area contributed by atoms with E-state index in [1.807, 2.05) is 0 Å². The number of hydrogen-bond acceptors (Lipinski definition) is 0. The zero-order chi connectivity index (χ0) is 10.5. The first-order valence-corrected chi connectivity index (χ1v) is 7.88. The van der Waals surface area contributed by atoms with Crippen molar-refractivity contribution < 1.29 is 0 Å².